The summed E-state index contributed by atoms with van der Waals surface area (Å²) in [5.41, 5.74) is 2.23. The highest BCUT2D eigenvalue weighted by Gasteiger charge is 2.33. The maximum Gasteiger partial charge on any atom is 0.225 e. The smallest absolute Gasteiger partial charge is 0.225 e. The Hall–Kier alpha value is -1.84. The second-order valence-corrected chi connectivity index (χ2v) is 6.53. The van der Waals surface area contributed by atoms with Gasteiger partial charge in [0, 0.05) is 36.8 Å². The van der Waals surface area contributed by atoms with Crippen LogP contribution in [0.1, 0.15) is 31.2 Å². The van der Waals surface area contributed by atoms with Gasteiger partial charge < -0.3 is 9.88 Å². The summed E-state index contributed by atoms with van der Waals surface area (Å²) in [7, 11) is 0. The predicted molar refractivity (Wildman–Crippen MR) is 81.8 cm³/mol. The molecule has 110 valence electrons. The molecular formula is C17H21N3O. The summed E-state index contributed by atoms with van der Waals surface area (Å²) in [5.74, 6) is 1.33. The molecule has 0 spiro atoms. The van der Waals surface area contributed by atoms with Crippen molar-refractivity contribution in [2.45, 2.75) is 32.1 Å². The molecule has 4 rings (SSSR count). The average Bonchev–Trinajstić information content (AvgIpc) is 3.04. The van der Waals surface area contributed by atoms with Crippen LogP contribution in [0.3, 0.4) is 0 Å². The van der Waals surface area contributed by atoms with Crippen molar-refractivity contribution in [3.8, 4) is 0 Å². The van der Waals surface area contributed by atoms with E-state index in [4.69, 9.17) is 0 Å². The van der Waals surface area contributed by atoms with Crippen molar-refractivity contribution in [3.63, 3.8) is 0 Å². The van der Waals surface area contributed by atoms with Gasteiger partial charge in [0.2, 0.25) is 5.91 Å². The summed E-state index contributed by atoms with van der Waals surface area (Å²) in [5, 5.41) is 1.17. The van der Waals surface area contributed by atoms with Crippen LogP contribution in [0.2, 0.25) is 0 Å². The third-order valence-electron chi connectivity index (χ3n) is 5.03. The van der Waals surface area contributed by atoms with E-state index in [1.54, 1.807) is 0 Å². The topological polar surface area (TPSA) is 49.0 Å². The zero-order valence-electron chi connectivity index (χ0n) is 12.2. The van der Waals surface area contributed by atoms with E-state index in [0.29, 0.717) is 17.7 Å². The van der Waals surface area contributed by atoms with Crippen LogP contribution in [-0.2, 0) is 11.2 Å². The van der Waals surface area contributed by atoms with E-state index in [1.165, 1.54) is 17.4 Å². The number of nitrogens with zero attached hydrogens (tertiary/aromatic N) is 2. The minimum Gasteiger partial charge on any atom is -0.346 e. The second-order valence-electron chi connectivity index (χ2n) is 6.53. The number of carbonyl (C=O) groups is 1. The lowest BCUT2D eigenvalue weighted by molar-refractivity contribution is -0.137. The monoisotopic (exact) mass is 283 g/mol. The SMILES string of the molecule is O=C(C1CCC1)N1CCC(Cc2cnc3[nH]ccc3c2)C1. The molecule has 21 heavy (non-hydrogen) atoms. The molecule has 1 atom stereocenters. The summed E-state index contributed by atoms with van der Waals surface area (Å²) in [4.78, 5) is 21.9. The van der Waals surface area contributed by atoms with Gasteiger partial charge in [-0.25, -0.2) is 4.98 Å². The standard InChI is InChI=1S/C17H21N3O/c21-17(14-2-1-3-14)20-7-5-12(11-20)8-13-9-15-4-6-18-16(15)19-10-13/h4,6,9-10,12,14H,1-3,5,7-8,11H2,(H,18,19). The molecule has 2 fully saturated rings. The lowest BCUT2D eigenvalue weighted by atomic mass is 9.84. The van der Waals surface area contributed by atoms with Gasteiger partial charge in [-0.2, -0.15) is 0 Å². The number of carbonyl (C=O) groups excluding carboxylic acids is 1. The van der Waals surface area contributed by atoms with Crippen LogP contribution in [0.25, 0.3) is 11.0 Å². The summed E-state index contributed by atoms with van der Waals surface area (Å²) in [6.45, 7) is 1.88. The molecule has 4 heteroatoms. The Kier molecular flexibility index (Phi) is 3.17. The van der Waals surface area contributed by atoms with Crippen molar-refractivity contribution in [1.29, 1.82) is 0 Å². The Bertz CT molecular complexity index is 659. The lowest BCUT2D eigenvalue weighted by Gasteiger charge is -2.29. The normalized spacial score (nSPS) is 22.7. The van der Waals surface area contributed by atoms with Gasteiger partial charge in [-0.15, -0.1) is 0 Å². The number of aromatic nitrogens is 2. The Labute approximate surface area is 124 Å². The van der Waals surface area contributed by atoms with Gasteiger partial charge in [0.1, 0.15) is 5.65 Å². The van der Waals surface area contributed by atoms with Crippen molar-refractivity contribution < 1.29 is 4.79 Å². The first-order valence-electron chi connectivity index (χ1n) is 8.00. The number of H-pyrrole nitrogens is 1. The zero-order valence-corrected chi connectivity index (χ0v) is 12.2. The molecule has 2 aromatic heterocycles. The molecule has 0 aromatic carbocycles. The van der Waals surface area contributed by atoms with Gasteiger partial charge >= 0.3 is 0 Å². The molecule has 1 saturated carbocycles. The summed E-state index contributed by atoms with van der Waals surface area (Å²) in [6.07, 6.45) is 9.50. The van der Waals surface area contributed by atoms with Crippen molar-refractivity contribution in [3.05, 3.63) is 30.1 Å². The molecular weight excluding hydrogens is 262 g/mol. The number of hydrogen-bond donors (Lipinski definition) is 1. The Balaban J connectivity index is 1.40. The van der Waals surface area contributed by atoms with Gasteiger partial charge in [0.15, 0.2) is 0 Å². The summed E-state index contributed by atoms with van der Waals surface area (Å²) >= 11 is 0. The number of amides is 1. The number of rotatable bonds is 3. The molecule has 1 N–H and O–H groups in total. The number of nitrogens with one attached hydrogen (secondary N) is 1. The highest BCUT2D eigenvalue weighted by atomic mass is 16.2. The molecule has 1 unspecified atom stereocenters. The first-order chi connectivity index (χ1) is 10.3. The quantitative estimate of drug-likeness (QED) is 0.941. The molecule has 1 amide bonds. The number of likely N-dealkylation sites (tertiary alicyclic amines) is 1. The molecule has 0 bridgehead atoms. The maximum atomic E-state index is 12.3. The minimum absolute atomic E-state index is 0.335. The van der Waals surface area contributed by atoms with Crippen LogP contribution in [0.5, 0.6) is 0 Å². The van der Waals surface area contributed by atoms with E-state index in [-0.39, 0.29) is 0 Å². The van der Waals surface area contributed by atoms with Crippen molar-refractivity contribution in [2.24, 2.45) is 11.8 Å². The molecule has 4 nitrogen and oxygen atoms in total. The van der Waals surface area contributed by atoms with Crippen LogP contribution in [0, 0.1) is 11.8 Å². The zero-order chi connectivity index (χ0) is 14.2. The highest BCUT2D eigenvalue weighted by Crippen LogP contribution is 2.31. The third kappa shape index (κ3) is 2.43. The average molecular weight is 283 g/mol. The molecule has 2 aromatic rings. The number of aromatic amines is 1. The Morgan fingerprint density at radius 1 is 1.38 bits per heavy atom. The fourth-order valence-corrected chi connectivity index (χ4v) is 3.54. The lowest BCUT2D eigenvalue weighted by Crippen LogP contribution is -2.37. The number of fused-ring (bicyclic) bond motifs is 1. The van der Waals surface area contributed by atoms with E-state index >= 15 is 0 Å². The largest absolute Gasteiger partial charge is 0.346 e. The van der Waals surface area contributed by atoms with Gasteiger partial charge in [-0.1, -0.05) is 6.42 Å². The maximum absolute atomic E-state index is 12.3. The van der Waals surface area contributed by atoms with Gasteiger partial charge in [-0.3, -0.25) is 4.79 Å². The van der Waals surface area contributed by atoms with Gasteiger partial charge in [0.25, 0.3) is 0 Å². The molecule has 2 aliphatic rings. The van der Waals surface area contributed by atoms with Gasteiger partial charge in [0.05, 0.1) is 0 Å². The van der Waals surface area contributed by atoms with E-state index in [2.05, 4.69) is 27.0 Å². The molecule has 1 aliphatic heterocycles. The fourth-order valence-electron chi connectivity index (χ4n) is 3.54. The van der Waals surface area contributed by atoms with Crippen LogP contribution >= 0.6 is 0 Å². The third-order valence-corrected chi connectivity index (χ3v) is 5.03. The van der Waals surface area contributed by atoms with Crippen LogP contribution in [0.4, 0.5) is 0 Å². The van der Waals surface area contributed by atoms with Crippen LogP contribution in [-0.4, -0.2) is 33.9 Å². The van der Waals surface area contributed by atoms with E-state index < -0.39 is 0 Å². The highest BCUT2D eigenvalue weighted by molar-refractivity contribution is 5.80. The molecule has 1 aliphatic carbocycles. The second kappa shape index (κ2) is 5.17. The van der Waals surface area contributed by atoms with Crippen molar-refractivity contribution in [1.82, 2.24) is 14.9 Å². The van der Waals surface area contributed by atoms with E-state index in [0.717, 1.165) is 44.4 Å². The van der Waals surface area contributed by atoms with Crippen molar-refractivity contribution in [2.75, 3.05) is 13.1 Å². The first-order valence-corrected chi connectivity index (χ1v) is 8.00. The predicted octanol–water partition coefficient (Wildman–Crippen LogP) is 2.75. The molecule has 1 saturated heterocycles. The Morgan fingerprint density at radius 3 is 3.10 bits per heavy atom. The summed E-state index contributed by atoms with van der Waals surface area (Å²) in [6, 6.07) is 4.28. The van der Waals surface area contributed by atoms with Crippen molar-refractivity contribution >= 4 is 16.9 Å². The van der Waals surface area contributed by atoms with Crippen LogP contribution < -0.4 is 0 Å². The van der Waals surface area contributed by atoms with Gasteiger partial charge in [-0.05, 0) is 49.3 Å². The van der Waals surface area contributed by atoms with E-state index in [9.17, 15) is 4.79 Å². The van der Waals surface area contributed by atoms with E-state index in [1.807, 2.05) is 12.4 Å². The molecule has 0 radical (unpaired) electrons. The van der Waals surface area contributed by atoms with Crippen LogP contribution in [0.15, 0.2) is 24.5 Å². The number of pyridine rings is 1. The first kappa shape index (κ1) is 12.9. The number of hydrogen-bond acceptors (Lipinski definition) is 2. The minimum atomic E-state index is 0.335. The summed E-state index contributed by atoms with van der Waals surface area (Å²) < 4.78 is 0. The Morgan fingerprint density at radius 2 is 2.29 bits per heavy atom. The molecule has 3 heterocycles. The fraction of sp³-hybridized carbons (Fsp3) is 0.529.